The predicted molar refractivity (Wildman–Crippen MR) is 79.5 cm³/mol. The predicted octanol–water partition coefficient (Wildman–Crippen LogP) is 3.10. The van der Waals surface area contributed by atoms with Gasteiger partial charge in [-0.2, -0.15) is 5.26 Å². The number of nitrogens with one attached hydrogen (secondary N) is 2. The highest BCUT2D eigenvalue weighted by atomic mass is 79.9. The van der Waals surface area contributed by atoms with E-state index in [0.29, 0.717) is 6.54 Å². The number of hydrogen-bond donors (Lipinski definition) is 2. The van der Waals surface area contributed by atoms with Crippen molar-refractivity contribution in [2.75, 3.05) is 11.9 Å². The largest absolute Gasteiger partial charge is 0.360 e. The Hall–Kier alpha value is -1.80. The Kier molecular flexibility index (Phi) is 6.10. The number of amides is 1. The summed E-state index contributed by atoms with van der Waals surface area (Å²) >= 11 is 3.42. The number of rotatable bonds is 5. The minimum atomic E-state index is -0.356. The second-order valence-electron chi connectivity index (χ2n) is 4.03. The summed E-state index contributed by atoms with van der Waals surface area (Å²) in [4.78, 5) is 11.6. The minimum Gasteiger partial charge on any atom is -0.360 e. The summed E-state index contributed by atoms with van der Waals surface area (Å²) in [5.41, 5.74) is 1.97. The van der Waals surface area contributed by atoms with Gasteiger partial charge in [-0.1, -0.05) is 22.9 Å². The highest BCUT2D eigenvalue weighted by Crippen LogP contribution is 2.20. The lowest BCUT2D eigenvalue weighted by Gasteiger charge is -2.05. The van der Waals surface area contributed by atoms with Gasteiger partial charge in [-0.05, 0) is 37.1 Å². The highest BCUT2D eigenvalue weighted by molar-refractivity contribution is 9.10. The molecule has 4 nitrogen and oxygen atoms in total. The summed E-state index contributed by atoms with van der Waals surface area (Å²) in [6, 6.07) is 7.59. The zero-order valence-electron chi connectivity index (χ0n) is 11.0. The molecule has 0 bridgehead atoms. The van der Waals surface area contributed by atoms with Gasteiger partial charge >= 0.3 is 0 Å². The van der Waals surface area contributed by atoms with E-state index in [9.17, 15) is 4.79 Å². The number of carbonyl (C=O) groups excluding carboxylic acids is 1. The molecule has 0 aliphatic carbocycles. The molecule has 1 amide bonds. The lowest BCUT2D eigenvalue weighted by atomic mass is 10.2. The Bertz CT molecular complexity index is 532. The topological polar surface area (TPSA) is 64.9 Å². The number of carbonyl (C=O) groups is 1. The van der Waals surface area contributed by atoms with Crippen LogP contribution in [0.15, 0.2) is 34.4 Å². The minimum absolute atomic E-state index is 0.0639. The number of benzene rings is 1. The van der Waals surface area contributed by atoms with Crippen LogP contribution in [0.3, 0.4) is 0 Å². The van der Waals surface area contributed by atoms with Crippen LogP contribution in [0.4, 0.5) is 5.69 Å². The Morgan fingerprint density at radius 1 is 1.53 bits per heavy atom. The van der Waals surface area contributed by atoms with Gasteiger partial charge in [-0.25, -0.2) is 0 Å². The molecule has 0 radical (unpaired) electrons. The maximum Gasteiger partial charge on any atom is 0.263 e. The van der Waals surface area contributed by atoms with Crippen molar-refractivity contribution in [3.8, 4) is 6.07 Å². The number of hydrogen-bond acceptors (Lipinski definition) is 3. The Labute approximate surface area is 121 Å². The molecule has 0 heterocycles. The van der Waals surface area contributed by atoms with E-state index in [0.717, 1.165) is 22.1 Å². The van der Waals surface area contributed by atoms with E-state index in [4.69, 9.17) is 5.26 Å². The van der Waals surface area contributed by atoms with Gasteiger partial charge in [0.05, 0.1) is 0 Å². The molecule has 0 saturated carbocycles. The molecule has 0 saturated heterocycles. The monoisotopic (exact) mass is 321 g/mol. The third-order valence-corrected chi connectivity index (χ3v) is 3.33. The number of nitrogens with zero attached hydrogens (tertiary/aromatic N) is 1. The van der Waals surface area contributed by atoms with Crippen LogP contribution in [0, 0.1) is 18.3 Å². The van der Waals surface area contributed by atoms with Gasteiger partial charge in [0.15, 0.2) is 0 Å². The SMILES string of the molecule is CCCNC(=O)/C(C#N)=C\Nc1ccc(Br)c(C)c1. The maximum absolute atomic E-state index is 11.6. The number of aryl methyl sites for hydroxylation is 1. The third-order valence-electron chi connectivity index (χ3n) is 2.44. The molecule has 100 valence electrons. The Balaban J connectivity index is 2.74. The highest BCUT2D eigenvalue weighted by Gasteiger charge is 2.07. The molecule has 0 fully saturated rings. The van der Waals surface area contributed by atoms with Crippen molar-refractivity contribution >= 4 is 27.5 Å². The van der Waals surface area contributed by atoms with E-state index in [-0.39, 0.29) is 11.5 Å². The smallest absolute Gasteiger partial charge is 0.263 e. The second kappa shape index (κ2) is 7.59. The van der Waals surface area contributed by atoms with Gasteiger partial charge in [0.25, 0.3) is 5.91 Å². The molecule has 0 atom stereocenters. The van der Waals surface area contributed by atoms with Crippen molar-refractivity contribution in [1.29, 1.82) is 5.26 Å². The van der Waals surface area contributed by atoms with E-state index in [1.54, 1.807) is 0 Å². The molecule has 0 aromatic heterocycles. The summed E-state index contributed by atoms with van der Waals surface area (Å²) in [5, 5.41) is 14.6. The van der Waals surface area contributed by atoms with Crippen LogP contribution in [0.25, 0.3) is 0 Å². The van der Waals surface area contributed by atoms with Crippen LogP contribution in [0.5, 0.6) is 0 Å². The zero-order chi connectivity index (χ0) is 14.3. The van der Waals surface area contributed by atoms with Gasteiger partial charge in [-0.15, -0.1) is 0 Å². The fraction of sp³-hybridized carbons (Fsp3) is 0.286. The van der Waals surface area contributed by atoms with E-state index in [1.807, 2.05) is 38.1 Å². The number of halogens is 1. The molecular weight excluding hydrogens is 306 g/mol. The third kappa shape index (κ3) is 4.76. The number of nitriles is 1. The van der Waals surface area contributed by atoms with Gasteiger partial charge in [-0.3, -0.25) is 4.79 Å². The van der Waals surface area contributed by atoms with Gasteiger partial charge < -0.3 is 10.6 Å². The van der Waals surface area contributed by atoms with E-state index >= 15 is 0 Å². The summed E-state index contributed by atoms with van der Waals surface area (Å²) in [7, 11) is 0. The average Bonchev–Trinajstić information content (AvgIpc) is 2.41. The zero-order valence-corrected chi connectivity index (χ0v) is 12.5. The Morgan fingerprint density at radius 3 is 2.84 bits per heavy atom. The van der Waals surface area contributed by atoms with Crippen LogP contribution in [0.2, 0.25) is 0 Å². The number of anilines is 1. The van der Waals surface area contributed by atoms with Crippen molar-refractivity contribution in [3.05, 3.63) is 40.0 Å². The molecule has 2 N–H and O–H groups in total. The summed E-state index contributed by atoms with van der Waals surface area (Å²) < 4.78 is 1.02. The molecule has 1 aromatic rings. The van der Waals surface area contributed by atoms with Crippen molar-refractivity contribution in [2.45, 2.75) is 20.3 Å². The molecule has 1 aromatic carbocycles. The molecule has 0 aliphatic rings. The molecule has 0 spiro atoms. The van der Waals surface area contributed by atoms with E-state index in [1.165, 1.54) is 6.20 Å². The fourth-order valence-corrected chi connectivity index (χ4v) is 1.62. The standard InChI is InChI=1S/C14H16BrN3O/c1-3-6-17-14(19)11(8-16)9-18-12-4-5-13(15)10(2)7-12/h4-5,7,9,18H,3,6H2,1-2H3,(H,17,19)/b11-9-. The van der Waals surface area contributed by atoms with Crippen molar-refractivity contribution in [2.24, 2.45) is 0 Å². The van der Waals surface area contributed by atoms with Crippen LogP contribution >= 0.6 is 15.9 Å². The Morgan fingerprint density at radius 2 is 2.26 bits per heavy atom. The normalized spacial score (nSPS) is 10.7. The van der Waals surface area contributed by atoms with Crippen LogP contribution in [-0.2, 0) is 4.79 Å². The average molecular weight is 322 g/mol. The molecule has 0 unspecified atom stereocenters. The lowest BCUT2D eigenvalue weighted by Crippen LogP contribution is -2.25. The first-order chi connectivity index (χ1) is 9.08. The fourth-order valence-electron chi connectivity index (χ4n) is 1.37. The van der Waals surface area contributed by atoms with E-state index in [2.05, 4.69) is 26.6 Å². The van der Waals surface area contributed by atoms with Gasteiger partial charge in [0.2, 0.25) is 0 Å². The summed E-state index contributed by atoms with van der Waals surface area (Å²) in [6.07, 6.45) is 2.26. The van der Waals surface area contributed by atoms with Gasteiger partial charge in [0, 0.05) is 22.9 Å². The lowest BCUT2D eigenvalue weighted by molar-refractivity contribution is -0.117. The van der Waals surface area contributed by atoms with Gasteiger partial charge in [0.1, 0.15) is 11.6 Å². The molecule has 5 heteroatoms. The molecular formula is C14H16BrN3O. The van der Waals surface area contributed by atoms with Crippen LogP contribution in [0.1, 0.15) is 18.9 Å². The van der Waals surface area contributed by atoms with Crippen LogP contribution in [-0.4, -0.2) is 12.5 Å². The molecule has 0 aliphatic heterocycles. The summed E-state index contributed by atoms with van der Waals surface area (Å²) in [6.45, 7) is 4.49. The first-order valence-corrected chi connectivity index (χ1v) is 6.79. The van der Waals surface area contributed by atoms with Crippen LogP contribution < -0.4 is 10.6 Å². The van der Waals surface area contributed by atoms with Crippen molar-refractivity contribution in [1.82, 2.24) is 5.32 Å². The second-order valence-corrected chi connectivity index (χ2v) is 4.89. The molecule has 1 rings (SSSR count). The summed E-state index contributed by atoms with van der Waals surface area (Å²) in [5.74, 6) is -0.356. The maximum atomic E-state index is 11.6. The van der Waals surface area contributed by atoms with E-state index < -0.39 is 0 Å². The molecule has 19 heavy (non-hydrogen) atoms. The quantitative estimate of drug-likeness (QED) is 0.647. The van der Waals surface area contributed by atoms with Crippen molar-refractivity contribution in [3.63, 3.8) is 0 Å². The van der Waals surface area contributed by atoms with Crippen molar-refractivity contribution < 1.29 is 4.79 Å². The first-order valence-electron chi connectivity index (χ1n) is 5.99. The first kappa shape index (κ1) is 15.3.